The number of aliphatic hydroxyl groups is 2. The van der Waals surface area contributed by atoms with Gasteiger partial charge in [0.15, 0.2) is 0 Å². The van der Waals surface area contributed by atoms with Crippen molar-refractivity contribution in [2.24, 2.45) is 0 Å². The second kappa shape index (κ2) is 13.9. The molecular weight excluding hydrogens is 543 g/mol. The minimum atomic E-state index is -1.17. The van der Waals surface area contributed by atoms with E-state index >= 15 is 0 Å². The molecular formula is C32H33FN2O7. The van der Waals surface area contributed by atoms with E-state index in [9.17, 15) is 29.5 Å². The highest BCUT2D eigenvalue weighted by Crippen LogP contribution is 2.38. The summed E-state index contributed by atoms with van der Waals surface area (Å²) in [6.45, 7) is 3.69. The van der Waals surface area contributed by atoms with E-state index in [1.165, 1.54) is 12.1 Å². The van der Waals surface area contributed by atoms with Crippen LogP contribution in [0.15, 0.2) is 78.9 Å². The van der Waals surface area contributed by atoms with Crippen molar-refractivity contribution in [2.75, 3.05) is 0 Å². The maximum absolute atomic E-state index is 13.7. The topological polar surface area (TPSA) is 124 Å². The third kappa shape index (κ3) is 7.59. The first-order valence-corrected chi connectivity index (χ1v) is 13.6. The van der Waals surface area contributed by atoms with Gasteiger partial charge >= 0.3 is 5.97 Å². The van der Waals surface area contributed by atoms with Crippen molar-refractivity contribution in [3.63, 3.8) is 0 Å². The van der Waals surface area contributed by atoms with Crippen LogP contribution in [0.1, 0.15) is 49.6 Å². The highest BCUT2D eigenvalue weighted by atomic mass is 19.1. The molecule has 42 heavy (non-hydrogen) atoms. The van der Waals surface area contributed by atoms with Gasteiger partial charge in [0.05, 0.1) is 18.6 Å². The Morgan fingerprint density at radius 1 is 1.00 bits per heavy atom. The van der Waals surface area contributed by atoms with Gasteiger partial charge < -0.3 is 24.4 Å². The molecule has 0 saturated heterocycles. The van der Waals surface area contributed by atoms with Crippen molar-refractivity contribution in [3.05, 3.63) is 112 Å². The molecule has 220 valence electrons. The molecule has 0 saturated carbocycles. The summed E-state index contributed by atoms with van der Waals surface area (Å²) >= 11 is 0. The van der Waals surface area contributed by atoms with Crippen molar-refractivity contribution in [3.8, 4) is 11.1 Å². The Kier molecular flexibility index (Phi) is 10.1. The molecule has 0 fully saturated rings. The zero-order valence-electron chi connectivity index (χ0n) is 23.4. The van der Waals surface area contributed by atoms with E-state index in [0.717, 1.165) is 27.7 Å². The standard InChI is InChI=1S/C32H33FN2O7/c1-21(2)34-29-10-6-5-9-28(29)32(22-11-13-25(33)14-12-22)30(34)16-15-26(36)17-27(37)18-31(38)41-19-23-7-3-4-8-24(23)20-42-35(39)40/h3-16,21,26-27,36-37H,17-20H2,1-2H3/b16-15+/t26-,27-/m0/s1. The molecule has 1 heterocycles. The first-order chi connectivity index (χ1) is 20.1. The summed E-state index contributed by atoms with van der Waals surface area (Å²) in [5.41, 5.74) is 4.59. The van der Waals surface area contributed by atoms with E-state index in [1.54, 1.807) is 48.6 Å². The number of carbonyl (C=O) groups excluding carboxylic acids is 1. The predicted molar refractivity (Wildman–Crippen MR) is 156 cm³/mol. The maximum Gasteiger partial charge on any atom is 0.308 e. The molecule has 0 amide bonds. The van der Waals surface area contributed by atoms with Gasteiger partial charge in [-0.1, -0.05) is 60.7 Å². The fourth-order valence-corrected chi connectivity index (χ4v) is 4.94. The van der Waals surface area contributed by atoms with E-state index in [0.29, 0.717) is 11.1 Å². The summed E-state index contributed by atoms with van der Waals surface area (Å²) in [4.78, 5) is 27.3. The molecule has 1 aromatic heterocycles. The third-order valence-corrected chi connectivity index (χ3v) is 6.82. The fraction of sp³-hybridized carbons (Fsp3) is 0.281. The number of hydrogen-bond acceptors (Lipinski definition) is 7. The molecule has 2 N–H and O–H groups in total. The molecule has 0 radical (unpaired) electrons. The van der Waals surface area contributed by atoms with E-state index < -0.39 is 23.3 Å². The number of carbonyl (C=O) groups is 1. The van der Waals surface area contributed by atoms with Crippen LogP contribution in [0.5, 0.6) is 0 Å². The van der Waals surface area contributed by atoms with Gasteiger partial charge in [-0.05, 0) is 54.8 Å². The van der Waals surface area contributed by atoms with Crippen LogP contribution < -0.4 is 0 Å². The number of para-hydroxylation sites is 1. The van der Waals surface area contributed by atoms with Gasteiger partial charge in [0.25, 0.3) is 5.09 Å². The summed E-state index contributed by atoms with van der Waals surface area (Å²) in [6.07, 6.45) is 0.682. The lowest BCUT2D eigenvalue weighted by Gasteiger charge is -2.15. The Morgan fingerprint density at radius 2 is 1.64 bits per heavy atom. The number of rotatable bonds is 13. The Balaban J connectivity index is 1.44. The van der Waals surface area contributed by atoms with Crippen molar-refractivity contribution in [2.45, 2.75) is 58.2 Å². The molecule has 0 aliphatic rings. The minimum Gasteiger partial charge on any atom is -0.461 e. The Morgan fingerprint density at radius 3 is 2.31 bits per heavy atom. The molecule has 4 rings (SSSR count). The molecule has 0 aliphatic carbocycles. The number of nitrogens with zero attached hydrogens (tertiary/aromatic N) is 2. The second-order valence-electron chi connectivity index (χ2n) is 10.2. The monoisotopic (exact) mass is 576 g/mol. The van der Waals surface area contributed by atoms with Crippen molar-refractivity contribution < 1.29 is 34.1 Å². The molecule has 2 atom stereocenters. The number of hydrogen-bond donors (Lipinski definition) is 2. The van der Waals surface area contributed by atoms with E-state index in [4.69, 9.17) is 4.74 Å². The molecule has 10 heteroatoms. The molecule has 0 spiro atoms. The summed E-state index contributed by atoms with van der Waals surface area (Å²) in [6, 6.07) is 20.9. The van der Waals surface area contributed by atoms with Gasteiger partial charge in [-0.25, -0.2) is 4.39 Å². The highest BCUT2D eigenvalue weighted by molar-refractivity contribution is 6.01. The van der Waals surface area contributed by atoms with Gasteiger partial charge in [-0.2, -0.15) is 0 Å². The number of esters is 1. The normalized spacial score (nSPS) is 13.0. The minimum absolute atomic E-state index is 0.0810. The Hall–Kier alpha value is -4.54. The summed E-state index contributed by atoms with van der Waals surface area (Å²) in [5, 5.41) is 31.8. The predicted octanol–water partition coefficient (Wildman–Crippen LogP) is 6.00. The van der Waals surface area contributed by atoms with Crippen LogP contribution in [0.3, 0.4) is 0 Å². The Bertz CT molecular complexity index is 1560. The first-order valence-electron chi connectivity index (χ1n) is 13.6. The van der Waals surface area contributed by atoms with Crippen molar-refractivity contribution >= 4 is 22.9 Å². The third-order valence-electron chi connectivity index (χ3n) is 6.82. The van der Waals surface area contributed by atoms with Gasteiger partial charge in [-0.15, -0.1) is 10.1 Å². The molecule has 0 aliphatic heterocycles. The van der Waals surface area contributed by atoms with Crippen molar-refractivity contribution in [1.29, 1.82) is 0 Å². The zero-order valence-corrected chi connectivity index (χ0v) is 23.4. The van der Waals surface area contributed by atoms with E-state index in [1.807, 2.05) is 24.3 Å². The maximum atomic E-state index is 13.7. The van der Waals surface area contributed by atoms with E-state index in [-0.39, 0.29) is 37.9 Å². The van der Waals surface area contributed by atoms with Crippen LogP contribution in [-0.2, 0) is 27.6 Å². The van der Waals surface area contributed by atoms with Crippen molar-refractivity contribution in [1.82, 2.24) is 4.57 Å². The smallest absolute Gasteiger partial charge is 0.308 e. The van der Waals surface area contributed by atoms with Crippen LogP contribution in [0, 0.1) is 15.9 Å². The summed E-state index contributed by atoms with van der Waals surface area (Å²) in [7, 11) is 0. The first kappa shape index (κ1) is 30.4. The van der Waals surface area contributed by atoms with Crippen LogP contribution >= 0.6 is 0 Å². The second-order valence-corrected chi connectivity index (χ2v) is 10.2. The van der Waals surface area contributed by atoms with Crippen LogP contribution in [0.2, 0.25) is 0 Å². The Labute approximate surface area is 242 Å². The molecule has 4 aromatic rings. The number of fused-ring (bicyclic) bond motifs is 1. The lowest BCUT2D eigenvalue weighted by molar-refractivity contribution is -0.763. The number of benzene rings is 3. The summed E-state index contributed by atoms with van der Waals surface area (Å²) < 4.78 is 21.1. The van der Waals surface area contributed by atoms with Crippen LogP contribution in [0.4, 0.5) is 4.39 Å². The SMILES string of the molecule is CC(C)n1c(/C=C/[C@H](O)C[C@H](O)CC(=O)OCc2ccccc2CO[N+](=O)[O-])c(-c2ccc(F)cc2)c2ccccc21. The van der Waals surface area contributed by atoms with Crippen LogP contribution in [0.25, 0.3) is 28.1 Å². The quantitative estimate of drug-likeness (QED) is 0.114. The van der Waals surface area contributed by atoms with Gasteiger partial charge in [0.1, 0.15) is 19.0 Å². The zero-order chi connectivity index (χ0) is 30.2. The lowest BCUT2D eigenvalue weighted by Crippen LogP contribution is -2.21. The average Bonchev–Trinajstić information content (AvgIpc) is 3.29. The fourth-order valence-electron chi connectivity index (χ4n) is 4.94. The van der Waals surface area contributed by atoms with E-state index in [2.05, 4.69) is 23.3 Å². The molecule has 3 aromatic carbocycles. The average molecular weight is 577 g/mol. The summed E-state index contributed by atoms with van der Waals surface area (Å²) in [5.74, 6) is -1.01. The largest absolute Gasteiger partial charge is 0.461 e. The van der Waals surface area contributed by atoms with Crippen LogP contribution in [-0.4, -0.2) is 38.0 Å². The number of ether oxygens (including phenoxy) is 1. The molecule has 0 unspecified atom stereocenters. The van der Waals surface area contributed by atoms with Gasteiger partial charge in [0.2, 0.25) is 0 Å². The van der Waals surface area contributed by atoms with Gasteiger partial charge in [0, 0.05) is 34.6 Å². The molecule has 9 nitrogen and oxygen atoms in total. The van der Waals surface area contributed by atoms with Gasteiger partial charge in [-0.3, -0.25) is 4.79 Å². The highest BCUT2D eigenvalue weighted by Gasteiger charge is 2.20. The lowest BCUT2D eigenvalue weighted by atomic mass is 10.0. The number of aromatic nitrogens is 1. The number of halogens is 1. The molecule has 0 bridgehead atoms. The number of aliphatic hydroxyl groups excluding tert-OH is 2.